The fourth-order valence-electron chi connectivity index (χ4n) is 4.67. The minimum absolute atomic E-state index is 0.0920. The zero-order valence-electron chi connectivity index (χ0n) is 20.5. The van der Waals surface area contributed by atoms with Crippen molar-refractivity contribution < 1.29 is 9.18 Å². The standard InChI is InChI=1S/C28H27ClFN5O/c1-17-27(18(2)36)28(33-23-5-7-26(31-16-23)35-10-8-34(3)9-11-35)24-14-19(4-6-25(24)32-17)20-12-21(29)15-22(30)13-20/h4-7,12-16H,8-11H2,1-3H3,(H,32,33). The van der Waals surface area contributed by atoms with Gasteiger partial charge in [0.05, 0.1) is 34.3 Å². The lowest BCUT2D eigenvalue weighted by atomic mass is 9.98. The molecule has 8 heteroatoms. The molecule has 1 fully saturated rings. The van der Waals surface area contributed by atoms with Gasteiger partial charge in [-0.05, 0) is 74.5 Å². The quantitative estimate of drug-likeness (QED) is 0.332. The Kier molecular flexibility index (Phi) is 6.60. The minimum atomic E-state index is -0.408. The lowest BCUT2D eigenvalue weighted by molar-refractivity contribution is 0.101. The highest BCUT2D eigenvalue weighted by molar-refractivity contribution is 6.30. The molecule has 0 saturated carbocycles. The average molecular weight is 504 g/mol. The Morgan fingerprint density at radius 3 is 2.47 bits per heavy atom. The molecule has 0 spiro atoms. The largest absolute Gasteiger partial charge is 0.354 e. The molecule has 5 rings (SSSR count). The summed E-state index contributed by atoms with van der Waals surface area (Å²) in [5, 5.41) is 4.50. The van der Waals surface area contributed by atoms with Crippen molar-refractivity contribution in [3.63, 3.8) is 0 Å². The number of anilines is 3. The highest BCUT2D eigenvalue weighted by Gasteiger charge is 2.19. The number of likely N-dealkylation sites (N-methyl/N-ethyl adjacent to an activating group) is 1. The number of aryl methyl sites for hydroxylation is 1. The molecule has 0 unspecified atom stereocenters. The summed E-state index contributed by atoms with van der Waals surface area (Å²) in [6.45, 7) is 7.25. The number of nitrogens with one attached hydrogen (secondary N) is 1. The number of hydrogen-bond donors (Lipinski definition) is 1. The number of aromatic nitrogens is 2. The molecule has 0 aliphatic carbocycles. The van der Waals surface area contributed by atoms with Gasteiger partial charge in [-0.3, -0.25) is 9.78 Å². The van der Waals surface area contributed by atoms with Gasteiger partial charge in [0.15, 0.2) is 5.78 Å². The predicted octanol–water partition coefficient (Wildman–Crippen LogP) is 6.10. The van der Waals surface area contributed by atoms with Crippen molar-refractivity contribution in [1.82, 2.24) is 14.9 Å². The third-order valence-electron chi connectivity index (χ3n) is 6.56. The average Bonchev–Trinajstić information content (AvgIpc) is 2.84. The molecule has 6 nitrogen and oxygen atoms in total. The number of halogens is 2. The first-order valence-electron chi connectivity index (χ1n) is 11.9. The molecule has 184 valence electrons. The van der Waals surface area contributed by atoms with Crippen LogP contribution in [0.25, 0.3) is 22.0 Å². The van der Waals surface area contributed by atoms with Gasteiger partial charge in [-0.25, -0.2) is 9.37 Å². The molecular formula is C28H27ClFN5O. The lowest BCUT2D eigenvalue weighted by Gasteiger charge is -2.33. The maximum absolute atomic E-state index is 14.0. The van der Waals surface area contributed by atoms with Crippen LogP contribution in [-0.2, 0) is 0 Å². The van der Waals surface area contributed by atoms with E-state index in [2.05, 4.69) is 32.1 Å². The zero-order chi connectivity index (χ0) is 25.4. The van der Waals surface area contributed by atoms with Crippen LogP contribution in [0.4, 0.5) is 21.6 Å². The van der Waals surface area contributed by atoms with Gasteiger partial charge in [0.1, 0.15) is 11.6 Å². The van der Waals surface area contributed by atoms with E-state index in [0.29, 0.717) is 27.5 Å². The summed E-state index contributed by atoms with van der Waals surface area (Å²) in [5.74, 6) is 0.431. The van der Waals surface area contributed by atoms with Crippen LogP contribution in [0.1, 0.15) is 23.0 Å². The van der Waals surface area contributed by atoms with Crippen molar-refractivity contribution in [2.75, 3.05) is 43.4 Å². The van der Waals surface area contributed by atoms with Crippen molar-refractivity contribution >= 4 is 45.5 Å². The highest BCUT2D eigenvalue weighted by Crippen LogP contribution is 2.35. The van der Waals surface area contributed by atoms with Gasteiger partial charge < -0.3 is 15.1 Å². The normalized spacial score (nSPS) is 14.3. The second kappa shape index (κ2) is 9.84. The van der Waals surface area contributed by atoms with Crippen LogP contribution in [0.5, 0.6) is 0 Å². The molecule has 1 aliphatic rings. The Hall–Kier alpha value is -3.55. The smallest absolute Gasteiger partial charge is 0.163 e. The molecule has 0 amide bonds. The number of benzene rings is 2. The second-order valence-corrected chi connectivity index (χ2v) is 9.65. The van der Waals surface area contributed by atoms with Crippen LogP contribution < -0.4 is 10.2 Å². The third-order valence-corrected chi connectivity index (χ3v) is 6.78. The summed E-state index contributed by atoms with van der Waals surface area (Å²) < 4.78 is 14.0. The van der Waals surface area contributed by atoms with Crippen molar-refractivity contribution in [1.29, 1.82) is 0 Å². The first-order valence-corrected chi connectivity index (χ1v) is 12.2. The van der Waals surface area contributed by atoms with E-state index in [9.17, 15) is 9.18 Å². The van der Waals surface area contributed by atoms with Crippen molar-refractivity contribution in [2.24, 2.45) is 0 Å². The third kappa shape index (κ3) is 4.90. The molecule has 3 heterocycles. The zero-order valence-corrected chi connectivity index (χ0v) is 21.2. The summed E-state index contributed by atoms with van der Waals surface area (Å²) >= 11 is 6.10. The van der Waals surface area contributed by atoms with Crippen LogP contribution in [0.15, 0.2) is 54.7 Å². The Balaban J connectivity index is 1.56. The van der Waals surface area contributed by atoms with E-state index >= 15 is 0 Å². The van der Waals surface area contributed by atoms with E-state index in [1.807, 2.05) is 37.3 Å². The first-order chi connectivity index (χ1) is 17.3. The summed E-state index contributed by atoms with van der Waals surface area (Å²) in [7, 11) is 2.12. The summed E-state index contributed by atoms with van der Waals surface area (Å²) in [4.78, 5) is 26.6. The minimum Gasteiger partial charge on any atom is -0.354 e. The Morgan fingerprint density at radius 2 is 1.81 bits per heavy atom. The van der Waals surface area contributed by atoms with Crippen LogP contribution >= 0.6 is 11.6 Å². The molecule has 2 aromatic heterocycles. The van der Waals surface area contributed by atoms with Gasteiger partial charge in [-0.15, -0.1) is 0 Å². The number of Topliss-reactive ketones (excluding diaryl/α,β-unsaturated/α-hetero) is 1. The Morgan fingerprint density at radius 1 is 1.03 bits per heavy atom. The maximum atomic E-state index is 14.0. The van der Waals surface area contributed by atoms with Gasteiger partial charge in [-0.1, -0.05) is 17.7 Å². The number of piperazine rings is 1. The van der Waals surface area contributed by atoms with Crippen LogP contribution in [0.3, 0.4) is 0 Å². The van der Waals surface area contributed by atoms with E-state index in [-0.39, 0.29) is 5.78 Å². The Labute approximate surface area is 214 Å². The maximum Gasteiger partial charge on any atom is 0.163 e. The number of nitrogens with zero attached hydrogens (tertiary/aromatic N) is 4. The topological polar surface area (TPSA) is 61.4 Å². The highest BCUT2D eigenvalue weighted by atomic mass is 35.5. The van der Waals surface area contributed by atoms with Gasteiger partial charge >= 0.3 is 0 Å². The fourth-order valence-corrected chi connectivity index (χ4v) is 4.90. The summed E-state index contributed by atoms with van der Waals surface area (Å²) in [6.07, 6.45) is 1.79. The summed E-state index contributed by atoms with van der Waals surface area (Å²) in [5.41, 5.74) is 4.73. The SMILES string of the molecule is CC(=O)c1c(C)nc2ccc(-c3cc(F)cc(Cl)c3)cc2c1Nc1ccc(N2CCN(C)CC2)nc1. The molecule has 1 saturated heterocycles. The molecule has 2 aromatic carbocycles. The Bertz CT molecular complexity index is 1430. The van der Waals surface area contributed by atoms with Gasteiger partial charge in [-0.2, -0.15) is 0 Å². The number of carbonyl (C=O) groups excluding carboxylic acids is 1. The van der Waals surface area contributed by atoms with E-state index in [0.717, 1.165) is 54.2 Å². The van der Waals surface area contributed by atoms with Gasteiger partial charge in [0, 0.05) is 36.6 Å². The van der Waals surface area contributed by atoms with E-state index < -0.39 is 5.82 Å². The molecule has 4 aromatic rings. The van der Waals surface area contributed by atoms with E-state index in [1.54, 1.807) is 12.3 Å². The number of ketones is 1. The van der Waals surface area contributed by atoms with Gasteiger partial charge in [0.2, 0.25) is 0 Å². The molecule has 36 heavy (non-hydrogen) atoms. The number of carbonyl (C=O) groups is 1. The summed E-state index contributed by atoms with van der Waals surface area (Å²) in [6, 6.07) is 14.1. The molecular weight excluding hydrogens is 477 g/mol. The molecule has 1 aliphatic heterocycles. The second-order valence-electron chi connectivity index (χ2n) is 9.21. The van der Waals surface area contributed by atoms with Crippen LogP contribution in [-0.4, -0.2) is 53.9 Å². The number of pyridine rings is 2. The number of fused-ring (bicyclic) bond motifs is 1. The molecule has 0 atom stereocenters. The molecule has 0 bridgehead atoms. The first kappa shape index (κ1) is 24.2. The molecule has 1 N–H and O–H groups in total. The van der Waals surface area contributed by atoms with Crippen molar-refractivity contribution in [3.05, 3.63) is 76.8 Å². The lowest BCUT2D eigenvalue weighted by Crippen LogP contribution is -2.44. The predicted molar refractivity (Wildman–Crippen MR) is 144 cm³/mol. The van der Waals surface area contributed by atoms with Crippen molar-refractivity contribution in [3.8, 4) is 11.1 Å². The van der Waals surface area contributed by atoms with E-state index in [1.165, 1.54) is 19.1 Å². The van der Waals surface area contributed by atoms with Crippen molar-refractivity contribution in [2.45, 2.75) is 13.8 Å². The monoisotopic (exact) mass is 503 g/mol. The number of hydrogen-bond acceptors (Lipinski definition) is 6. The number of rotatable bonds is 5. The van der Waals surface area contributed by atoms with Crippen LogP contribution in [0.2, 0.25) is 5.02 Å². The van der Waals surface area contributed by atoms with E-state index in [4.69, 9.17) is 11.6 Å². The van der Waals surface area contributed by atoms with Crippen LogP contribution in [0, 0.1) is 12.7 Å². The molecule has 0 radical (unpaired) electrons. The van der Waals surface area contributed by atoms with Gasteiger partial charge in [0.25, 0.3) is 0 Å². The fraction of sp³-hybridized carbons (Fsp3) is 0.250.